The van der Waals surface area contributed by atoms with E-state index < -0.39 is 0 Å². The molecule has 270 valence electrons. The van der Waals surface area contributed by atoms with Crippen LogP contribution in [0.15, 0.2) is 158 Å². The van der Waals surface area contributed by atoms with Gasteiger partial charge < -0.3 is 9.80 Å². The molecule has 2 aliphatic heterocycles. The molecule has 2 saturated heterocycles. The lowest BCUT2D eigenvalue weighted by Gasteiger charge is -2.23. The molecule has 0 amide bonds. The average Bonchev–Trinajstić information content (AvgIpc) is 4.03. The van der Waals surface area contributed by atoms with Crippen LogP contribution < -0.4 is 9.80 Å². The molecule has 0 aliphatic carbocycles. The number of nitriles is 2. The van der Waals surface area contributed by atoms with Crippen LogP contribution in [0.2, 0.25) is 0 Å². The molecule has 0 radical (unpaired) electrons. The minimum Gasteiger partial charge on any atom is -0.370 e. The molecule has 9 rings (SSSR count). The molecule has 0 bridgehead atoms. The fourth-order valence-electron chi connectivity index (χ4n) is 8.49. The second-order valence-corrected chi connectivity index (χ2v) is 14.9. The summed E-state index contributed by atoms with van der Waals surface area (Å²) in [4.78, 5) is 4.74. The van der Waals surface area contributed by atoms with E-state index in [-0.39, 0.29) is 0 Å². The summed E-state index contributed by atoms with van der Waals surface area (Å²) in [7, 11) is 0. The Morgan fingerprint density at radius 1 is 0.321 bits per heavy atom. The van der Waals surface area contributed by atoms with E-state index in [1.54, 1.807) is 0 Å². The topological polar surface area (TPSA) is 54.1 Å². The number of anilines is 2. The van der Waals surface area contributed by atoms with E-state index in [2.05, 4.69) is 168 Å². The minimum absolute atomic E-state index is 0.708. The van der Waals surface area contributed by atoms with Crippen molar-refractivity contribution in [3.05, 3.63) is 169 Å². The quantitative estimate of drug-likeness (QED) is 0.157. The van der Waals surface area contributed by atoms with Gasteiger partial charge in [-0.05, 0) is 106 Å². The van der Waals surface area contributed by atoms with Crippen LogP contribution in [-0.2, 0) is 0 Å². The zero-order valence-electron chi connectivity index (χ0n) is 31.5. The molecule has 0 aromatic heterocycles. The summed E-state index contributed by atoms with van der Waals surface area (Å²) in [5.74, 6) is 0. The van der Waals surface area contributed by atoms with Gasteiger partial charge in [-0.1, -0.05) is 133 Å². The highest BCUT2D eigenvalue weighted by atomic mass is 15.1. The Morgan fingerprint density at radius 2 is 0.607 bits per heavy atom. The van der Waals surface area contributed by atoms with Crippen LogP contribution in [-0.4, -0.2) is 26.2 Å². The first-order chi connectivity index (χ1) is 27.7. The Balaban J connectivity index is 1.12. The molecule has 2 heterocycles. The fourth-order valence-corrected chi connectivity index (χ4v) is 8.49. The summed E-state index contributed by atoms with van der Waals surface area (Å²) < 4.78 is 0. The summed E-state index contributed by atoms with van der Waals surface area (Å²) in [5.41, 5.74) is 16.4. The highest BCUT2D eigenvalue weighted by Crippen LogP contribution is 2.41. The molecular weight excluding hydrogens is 681 g/mol. The van der Waals surface area contributed by atoms with Gasteiger partial charge in [0.1, 0.15) is 12.1 Å². The average molecular weight is 723 g/mol. The number of nitrogens with zero attached hydrogens (tertiary/aromatic N) is 4. The molecule has 0 unspecified atom stereocenters. The standard InChI is InChI=1S/C52H42N4/c53-35-49-47(31-45(33-51(49)55-27-7-8-28-55)41-19-15-39(16-20-41)37-11-3-1-4-12-37)43-23-25-44(26-24-43)48-32-46(34-52(50(48)36-54)56-29-9-10-30-56)42-21-17-40(18-22-42)38-13-5-2-6-14-38/h1-6,11-26,31-34H,7-10,27-30H2. The SMILES string of the molecule is N#Cc1c(-c2ccc(-c3cc(-c4ccc(-c5ccccc5)cc4)cc(N4CCCC4)c3C#N)cc2)cc(-c2ccc(-c3ccccc3)cc2)cc1N1CCCC1. The van der Waals surface area contributed by atoms with Crippen LogP contribution in [0.3, 0.4) is 0 Å². The predicted octanol–water partition coefficient (Wildman–Crippen LogP) is 12.6. The van der Waals surface area contributed by atoms with Crippen molar-refractivity contribution >= 4 is 11.4 Å². The molecule has 4 heteroatoms. The van der Waals surface area contributed by atoms with Gasteiger partial charge >= 0.3 is 0 Å². The number of hydrogen-bond acceptors (Lipinski definition) is 4. The van der Waals surface area contributed by atoms with Crippen molar-refractivity contribution in [3.8, 4) is 78.9 Å². The van der Waals surface area contributed by atoms with Gasteiger partial charge in [-0.2, -0.15) is 10.5 Å². The Labute approximate surface area is 330 Å². The van der Waals surface area contributed by atoms with E-state index in [0.717, 1.165) is 108 Å². The molecule has 4 nitrogen and oxygen atoms in total. The molecule has 2 aliphatic rings. The molecule has 0 saturated carbocycles. The summed E-state index contributed by atoms with van der Waals surface area (Å²) in [6, 6.07) is 60.8. The first-order valence-electron chi connectivity index (χ1n) is 19.8. The second kappa shape index (κ2) is 15.5. The minimum atomic E-state index is 0.708. The third kappa shape index (κ3) is 6.83. The van der Waals surface area contributed by atoms with E-state index in [9.17, 15) is 10.5 Å². The van der Waals surface area contributed by atoms with Gasteiger partial charge in [0.05, 0.1) is 22.5 Å². The van der Waals surface area contributed by atoms with E-state index >= 15 is 0 Å². The monoisotopic (exact) mass is 722 g/mol. The van der Waals surface area contributed by atoms with E-state index in [4.69, 9.17) is 0 Å². The van der Waals surface area contributed by atoms with Crippen molar-refractivity contribution in [2.75, 3.05) is 36.0 Å². The molecular formula is C52H42N4. The van der Waals surface area contributed by atoms with Crippen LogP contribution in [0.25, 0.3) is 66.8 Å². The van der Waals surface area contributed by atoms with Crippen molar-refractivity contribution in [3.63, 3.8) is 0 Å². The summed E-state index contributed by atoms with van der Waals surface area (Å²) in [6.07, 6.45) is 4.51. The summed E-state index contributed by atoms with van der Waals surface area (Å²) in [6.45, 7) is 3.80. The zero-order chi connectivity index (χ0) is 37.8. The lowest BCUT2D eigenvalue weighted by atomic mass is 9.89. The van der Waals surface area contributed by atoms with Crippen LogP contribution in [0, 0.1) is 22.7 Å². The van der Waals surface area contributed by atoms with E-state index in [0.29, 0.717) is 11.1 Å². The van der Waals surface area contributed by atoms with Crippen LogP contribution in [0.1, 0.15) is 36.8 Å². The lowest BCUT2D eigenvalue weighted by molar-refractivity contribution is 0.949. The Bertz CT molecular complexity index is 2380. The highest BCUT2D eigenvalue weighted by molar-refractivity contribution is 5.89. The summed E-state index contributed by atoms with van der Waals surface area (Å²) >= 11 is 0. The third-order valence-electron chi connectivity index (χ3n) is 11.5. The molecule has 0 spiro atoms. The molecule has 0 N–H and O–H groups in total. The first kappa shape index (κ1) is 34.9. The van der Waals surface area contributed by atoms with Gasteiger partial charge in [0, 0.05) is 37.3 Å². The molecule has 0 atom stereocenters. The van der Waals surface area contributed by atoms with E-state index in [1.807, 2.05) is 12.1 Å². The van der Waals surface area contributed by atoms with Crippen molar-refractivity contribution in [1.29, 1.82) is 10.5 Å². The van der Waals surface area contributed by atoms with Crippen LogP contribution in [0.4, 0.5) is 11.4 Å². The second-order valence-electron chi connectivity index (χ2n) is 14.9. The van der Waals surface area contributed by atoms with Crippen LogP contribution in [0.5, 0.6) is 0 Å². The van der Waals surface area contributed by atoms with Gasteiger partial charge in [0.2, 0.25) is 0 Å². The molecule has 2 fully saturated rings. The Hall–Kier alpha value is -6.88. The smallest absolute Gasteiger partial charge is 0.102 e. The Kier molecular flexibility index (Phi) is 9.63. The third-order valence-corrected chi connectivity index (χ3v) is 11.5. The van der Waals surface area contributed by atoms with E-state index in [1.165, 1.54) is 22.3 Å². The molecule has 7 aromatic rings. The Morgan fingerprint density at radius 3 is 0.929 bits per heavy atom. The predicted molar refractivity (Wildman–Crippen MR) is 231 cm³/mol. The number of benzene rings is 7. The molecule has 7 aromatic carbocycles. The van der Waals surface area contributed by atoms with Crippen molar-refractivity contribution in [2.24, 2.45) is 0 Å². The zero-order valence-corrected chi connectivity index (χ0v) is 31.5. The fraction of sp³-hybridized carbons (Fsp3) is 0.154. The normalized spacial score (nSPS) is 13.8. The maximum Gasteiger partial charge on any atom is 0.102 e. The number of rotatable bonds is 8. The van der Waals surface area contributed by atoms with Crippen molar-refractivity contribution < 1.29 is 0 Å². The summed E-state index contributed by atoms with van der Waals surface area (Å²) in [5, 5.41) is 21.4. The maximum atomic E-state index is 10.7. The largest absolute Gasteiger partial charge is 0.370 e. The van der Waals surface area contributed by atoms with Crippen LogP contribution >= 0.6 is 0 Å². The maximum absolute atomic E-state index is 10.7. The highest BCUT2D eigenvalue weighted by Gasteiger charge is 2.23. The molecule has 56 heavy (non-hydrogen) atoms. The van der Waals surface area contributed by atoms with Gasteiger partial charge in [-0.15, -0.1) is 0 Å². The van der Waals surface area contributed by atoms with Gasteiger partial charge in [0.25, 0.3) is 0 Å². The number of hydrogen-bond donors (Lipinski definition) is 0. The van der Waals surface area contributed by atoms with Gasteiger partial charge in [0.15, 0.2) is 0 Å². The van der Waals surface area contributed by atoms with Crippen molar-refractivity contribution in [2.45, 2.75) is 25.7 Å². The van der Waals surface area contributed by atoms with Gasteiger partial charge in [-0.25, -0.2) is 0 Å². The van der Waals surface area contributed by atoms with Gasteiger partial charge in [-0.3, -0.25) is 0 Å². The first-order valence-corrected chi connectivity index (χ1v) is 19.8. The lowest BCUT2D eigenvalue weighted by Crippen LogP contribution is -2.19. The van der Waals surface area contributed by atoms with Crippen molar-refractivity contribution in [1.82, 2.24) is 0 Å².